The molecule has 1 aromatic heterocycles. The summed E-state index contributed by atoms with van der Waals surface area (Å²) in [4.78, 5) is 9.34. The normalized spacial score (nSPS) is 12.9. The van der Waals surface area contributed by atoms with Gasteiger partial charge in [-0.15, -0.1) is 12.4 Å². The minimum absolute atomic E-state index is 0. The zero-order valence-electron chi connectivity index (χ0n) is 11.0. The Morgan fingerprint density at radius 1 is 1.21 bits per heavy atom. The molecule has 3 rings (SSSR count). The molecule has 1 aliphatic rings. The van der Waals surface area contributed by atoms with Gasteiger partial charge in [-0.05, 0) is 37.8 Å². The van der Waals surface area contributed by atoms with E-state index in [1.165, 1.54) is 23.2 Å². The van der Waals surface area contributed by atoms with Gasteiger partial charge in [-0.25, -0.2) is 9.97 Å². The van der Waals surface area contributed by atoms with Crippen molar-refractivity contribution in [2.75, 3.05) is 0 Å². The molecule has 0 saturated heterocycles. The van der Waals surface area contributed by atoms with Gasteiger partial charge >= 0.3 is 0 Å². The average molecular weight is 276 g/mol. The van der Waals surface area contributed by atoms with Gasteiger partial charge in [0.2, 0.25) is 0 Å². The largest absolute Gasteiger partial charge is 0.325 e. The molecule has 0 amide bonds. The van der Waals surface area contributed by atoms with E-state index in [1.807, 2.05) is 6.07 Å². The van der Waals surface area contributed by atoms with Crippen LogP contribution in [0.5, 0.6) is 0 Å². The minimum atomic E-state index is 0. The Morgan fingerprint density at radius 2 is 2.05 bits per heavy atom. The van der Waals surface area contributed by atoms with Gasteiger partial charge in [-0.1, -0.05) is 23.8 Å². The average Bonchev–Trinajstić information content (AvgIpc) is 2.85. The van der Waals surface area contributed by atoms with Crippen LogP contribution >= 0.6 is 12.4 Å². The van der Waals surface area contributed by atoms with E-state index in [0.717, 1.165) is 29.9 Å². The first-order valence-electron chi connectivity index (χ1n) is 6.43. The number of nitrogens with zero attached hydrogens (tertiary/aromatic N) is 2. The lowest BCUT2D eigenvalue weighted by Crippen LogP contribution is -2.08. The number of aromatic nitrogens is 2. The van der Waals surface area contributed by atoms with Gasteiger partial charge < -0.3 is 5.73 Å². The van der Waals surface area contributed by atoms with Crippen molar-refractivity contribution in [1.29, 1.82) is 0 Å². The van der Waals surface area contributed by atoms with Crippen molar-refractivity contribution < 1.29 is 0 Å². The molecule has 0 unspecified atom stereocenters. The summed E-state index contributed by atoms with van der Waals surface area (Å²) in [6.45, 7) is 2.59. The van der Waals surface area contributed by atoms with E-state index in [1.54, 1.807) is 0 Å². The van der Waals surface area contributed by atoms with E-state index >= 15 is 0 Å². The van der Waals surface area contributed by atoms with Crippen LogP contribution in [-0.4, -0.2) is 9.97 Å². The van der Waals surface area contributed by atoms with Crippen LogP contribution in [-0.2, 0) is 19.4 Å². The van der Waals surface area contributed by atoms with Crippen LogP contribution in [0.4, 0.5) is 0 Å². The summed E-state index contributed by atoms with van der Waals surface area (Å²) >= 11 is 0. The monoisotopic (exact) mass is 275 g/mol. The standard InChI is InChI=1S/C15H17N3.ClH/c1-10-4-2-5-11(8-10)15-17-13-7-3-6-12(13)14(9-16)18-15;/h2,4-5,8H,3,6-7,9,16H2,1H3;1H. The third-order valence-corrected chi connectivity index (χ3v) is 3.49. The number of hydrogen-bond donors (Lipinski definition) is 1. The van der Waals surface area contributed by atoms with Crippen molar-refractivity contribution in [2.45, 2.75) is 32.7 Å². The molecule has 19 heavy (non-hydrogen) atoms. The Kier molecular flexibility index (Phi) is 4.17. The van der Waals surface area contributed by atoms with Crippen LogP contribution in [0.25, 0.3) is 11.4 Å². The highest BCUT2D eigenvalue weighted by atomic mass is 35.5. The van der Waals surface area contributed by atoms with Gasteiger partial charge in [0.25, 0.3) is 0 Å². The molecule has 1 aliphatic carbocycles. The smallest absolute Gasteiger partial charge is 0.159 e. The maximum Gasteiger partial charge on any atom is 0.159 e. The molecule has 1 aromatic carbocycles. The molecule has 2 N–H and O–H groups in total. The van der Waals surface area contributed by atoms with Crippen LogP contribution in [0.15, 0.2) is 24.3 Å². The van der Waals surface area contributed by atoms with Crippen LogP contribution < -0.4 is 5.73 Å². The van der Waals surface area contributed by atoms with Gasteiger partial charge in [0.05, 0.1) is 5.69 Å². The molecule has 0 fully saturated rings. The second-order valence-electron chi connectivity index (χ2n) is 4.85. The van der Waals surface area contributed by atoms with Crippen LogP contribution in [0.2, 0.25) is 0 Å². The van der Waals surface area contributed by atoms with Crippen molar-refractivity contribution in [3.63, 3.8) is 0 Å². The lowest BCUT2D eigenvalue weighted by molar-refractivity contribution is 0.892. The summed E-state index contributed by atoms with van der Waals surface area (Å²) < 4.78 is 0. The highest BCUT2D eigenvalue weighted by molar-refractivity contribution is 5.85. The number of halogens is 1. The van der Waals surface area contributed by atoms with Gasteiger partial charge in [-0.2, -0.15) is 0 Å². The fourth-order valence-electron chi connectivity index (χ4n) is 2.59. The summed E-state index contributed by atoms with van der Waals surface area (Å²) in [6, 6.07) is 8.31. The highest BCUT2D eigenvalue weighted by Crippen LogP contribution is 2.26. The zero-order chi connectivity index (χ0) is 12.5. The lowest BCUT2D eigenvalue weighted by Gasteiger charge is -2.09. The quantitative estimate of drug-likeness (QED) is 0.917. The van der Waals surface area contributed by atoms with Crippen molar-refractivity contribution in [2.24, 2.45) is 5.73 Å². The maximum atomic E-state index is 5.81. The van der Waals surface area contributed by atoms with E-state index < -0.39 is 0 Å². The molecule has 100 valence electrons. The molecule has 0 saturated carbocycles. The second kappa shape index (κ2) is 5.68. The summed E-state index contributed by atoms with van der Waals surface area (Å²) in [5, 5.41) is 0. The number of fused-ring (bicyclic) bond motifs is 1. The molecule has 0 aliphatic heterocycles. The van der Waals surface area contributed by atoms with E-state index in [0.29, 0.717) is 6.54 Å². The molecule has 0 bridgehead atoms. The molecular weight excluding hydrogens is 258 g/mol. The third-order valence-electron chi connectivity index (χ3n) is 3.49. The molecule has 4 heteroatoms. The summed E-state index contributed by atoms with van der Waals surface area (Å²) in [7, 11) is 0. The zero-order valence-corrected chi connectivity index (χ0v) is 11.8. The van der Waals surface area contributed by atoms with Crippen LogP contribution in [0.1, 0.15) is 28.9 Å². The van der Waals surface area contributed by atoms with Gasteiger partial charge in [-0.3, -0.25) is 0 Å². The van der Waals surface area contributed by atoms with Crippen molar-refractivity contribution in [1.82, 2.24) is 9.97 Å². The highest BCUT2D eigenvalue weighted by Gasteiger charge is 2.18. The van der Waals surface area contributed by atoms with Crippen molar-refractivity contribution in [3.05, 3.63) is 46.8 Å². The Bertz CT molecular complexity index is 596. The van der Waals surface area contributed by atoms with E-state index in [2.05, 4.69) is 30.1 Å². The number of nitrogens with two attached hydrogens (primary N) is 1. The fourth-order valence-corrected chi connectivity index (χ4v) is 2.59. The Morgan fingerprint density at radius 3 is 2.79 bits per heavy atom. The summed E-state index contributed by atoms with van der Waals surface area (Å²) in [6.07, 6.45) is 3.31. The summed E-state index contributed by atoms with van der Waals surface area (Å²) in [5.74, 6) is 0.819. The first kappa shape index (κ1) is 14.0. The second-order valence-corrected chi connectivity index (χ2v) is 4.85. The summed E-state index contributed by atoms with van der Waals surface area (Å²) in [5.41, 5.74) is 11.6. The predicted molar refractivity (Wildman–Crippen MR) is 79.4 cm³/mol. The number of rotatable bonds is 2. The van der Waals surface area contributed by atoms with E-state index in [9.17, 15) is 0 Å². The molecule has 2 aromatic rings. The van der Waals surface area contributed by atoms with Gasteiger partial charge in [0.1, 0.15) is 0 Å². The Hall–Kier alpha value is -1.45. The Labute approximate surface area is 119 Å². The Balaban J connectivity index is 0.00000133. The molecule has 0 radical (unpaired) electrons. The first-order valence-corrected chi connectivity index (χ1v) is 6.43. The number of hydrogen-bond acceptors (Lipinski definition) is 3. The van der Waals surface area contributed by atoms with E-state index in [-0.39, 0.29) is 12.4 Å². The third kappa shape index (κ3) is 2.62. The molecule has 3 nitrogen and oxygen atoms in total. The van der Waals surface area contributed by atoms with Gasteiger partial charge in [0.15, 0.2) is 5.82 Å². The number of benzene rings is 1. The molecule has 0 spiro atoms. The topological polar surface area (TPSA) is 51.8 Å². The van der Waals surface area contributed by atoms with Crippen molar-refractivity contribution in [3.8, 4) is 11.4 Å². The van der Waals surface area contributed by atoms with Crippen LogP contribution in [0, 0.1) is 6.92 Å². The van der Waals surface area contributed by atoms with Gasteiger partial charge in [0, 0.05) is 17.8 Å². The fraction of sp³-hybridized carbons (Fsp3) is 0.333. The minimum Gasteiger partial charge on any atom is -0.325 e. The van der Waals surface area contributed by atoms with Crippen molar-refractivity contribution >= 4 is 12.4 Å². The molecule has 0 atom stereocenters. The maximum absolute atomic E-state index is 5.81. The van der Waals surface area contributed by atoms with E-state index in [4.69, 9.17) is 10.7 Å². The molecular formula is C15H18ClN3. The lowest BCUT2D eigenvalue weighted by atomic mass is 10.1. The SMILES string of the molecule is Cc1cccc(-c2nc(CN)c3c(n2)CCC3)c1.Cl. The first-order chi connectivity index (χ1) is 8.78. The van der Waals surface area contributed by atoms with Crippen LogP contribution in [0.3, 0.4) is 0 Å². The molecule has 1 heterocycles. The predicted octanol–water partition coefficient (Wildman–Crippen LogP) is 2.82. The number of aryl methyl sites for hydroxylation is 2.